The van der Waals surface area contributed by atoms with Gasteiger partial charge in [0.15, 0.2) is 0 Å². The fraction of sp³-hybridized carbons (Fsp3) is 0.667. The summed E-state index contributed by atoms with van der Waals surface area (Å²) in [6.07, 6.45) is 3.91. The van der Waals surface area contributed by atoms with Gasteiger partial charge in [-0.05, 0) is 24.3 Å². The van der Waals surface area contributed by atoms with E-state index < -0.39 is 0 Å². The van der Waals surface area contributed by atoms with Crippen molar-refractivity contribution < 1.29 is 9.63 Å². The third kappa shape index (κ3) is 1.89. The van der Waals surface area contributed by atoms with Crippen LogP contribution >= 0.6 is 11.8 Å². The van der Waals surface area contributed by atoms with Gasteiger partial charge in [0.1, 0.15) is 5.76 Å². The van der Waals surface area contributed by atoms with Gasteiger partial charge in [0.05, 0.1) is 12.8 Å². The van der Waals surface area contributed by atoms with Crippen molar-refractivity contribution >= 4 is 11.8 Å². The minimum Gasteiger partial charge on any atom is -0.391 e. The van der Waals surface area contributed by atoms with Crippen molar-refractivity contribution in [3.63, 3.8) is 0 Å². The molecule has 2 rings (SSSR count). The Morgan fingerprint density at radius 2 is 2.31 bits per heavy atom. The van der Waals surface area contributed by atoms with Crippen molar-refractivity contribution in [3.8, 4) is 0 Å². The lowest BCUT2D eigenvalue weighted by atomic mass is 9.97. The Labute approximate surface area is 81.5 Å². The van der Waals surface area contributed by atoms with Gasteiger partial charge in [0, 0.05) is 11.5 Å². The third-order valence-corrected chi connectivity index (χ3v) is 3.49. The zero-order chi connectivity index (χ0) is 9.10. The van der Waals surface area contributed by atoms with Gasteiger partial charge in [-0.25, -0.2) is 0 Å². The Morgan fingerprint density at radius 3 is 3.00 bits per heavy atom. The summed E-state index contributed by atoms with van der Waals surface area (Å²) in [5.74, 6) is 3.76. The molecule has 72 valence electrons. The summed E-state index contributed by atoms with van der Waals surface area (Å²) in [4.78, 5) is 0. The van der Waals surface area contributed by atoms with Crippen LogP contribution in [0, 0.1) is 0 Å². The molecular weight excluding hydrogens is 186 g/mol. The van der Waals surface area contributed by atoms with E-state index in [0.29, 0.717) is 5.92 Å². The normalized spacial score (nSPS) is 19.2. The van der Waals surface area contributed by atoms with Gasteiger partial charge in [-0.2, -0.15) is 11.8 Å². The fourth-order valence-electron chi connectivity index (χ4n) is 1.68. The summed E-state index contributed by atoms with van der Waals surface area (Å²) in [7, 11) is 0. The van der Waals surface area contributed by atoms with E-state index in [-0.39, 0.29) is 6.61 Å². The number of rotatable bonds is 2. The lowest BCUT2D eigenvalue weighted by Crippen LogP contribution is -2.08. The van der Waals surface area contributed by atoms with E-state index in [9.17, 15) is 0 Å². The first-order chi connectivity index (χ1) is 6.42. The summed E-state index contributed by atoms with van der Waals surface area (Å²) < 4.78 is 5.18. The maximum Gasteiger partial charge on any atom is 0.145 e. The van der Waals surface area contributed by atoms with Gasteiger partial charge in [0.2, 0.25) is 0 Å². The van der Waals surface area contributed by atoms with Crippen molar-refractivity contribution in [1.82, 2.24) is 5.16 Å². The number of aliphatic hydroxyl groups is 1. The third-order valence-electron chi connectivity index (χ3n) is 2.44. The van der Waals surface area contributed by atoms with E-state index >= 15 is 0 Å². The van der Waals surface area contributed by atoms with Crippen molar-refractivity contribution in [1.29, 1.82) is 0 Å². The molecule has 1 N–H and O–H groups in total. The number of aliphatic hydroxyl groups excluding tert-OH is 1. The van der Waals surface area contributed by atoms with Crippen LogP contribution in [0.2, 0.25) is 0 Å². The monoisotopic (exact) mass is 199 g/mol. The maximum atomic E-state index is 9.03. The molecule has 1 aliphatic rings. The molecule has 0 unspecified atom stereocenters. The van der Waals surface area contributed by atoms with E-state index in [0.717, 1.165) is 24.2 Å². The van der Waals surface area contributed by atoms with Gasteiger partial charge >= 0.3 is 0 Å². The molecule has 1 aliphatic heterocycles. The fourth-order valence-corrected chi connectivity index (χ4v) is 2.79. The molecule has 0 bridgehead atoms. The Bertz CT molecular complexity index is 268. The minimum atomic E-state index is 0.0441. The Hall–Kier alpha value is -0.480. The van der Waals surface area contributed by atoms with Crippen LogP contribution in [0.1, 0.15) is 30.1 Å². The summed E-state index contributed by atoms with van der Waals surface area (Å²) >= 11 is 1.98. The largest absolute Gasteiger partial charge is 0.391 e. The number of thioether (sulfide) groups is 1. The summed E-state index contributed by atoms with van der Waals surface area (Å²) in [6.45, 7) is 0.0441. The van der Waals surface area contributed by atoms with E-state index in [2.05, 4.69) is 5.16 Å². The minimum absolute atomic E-state index is 0.0441. The number of hydrogen-bond acceptors (Lipinski definition) is 4. The predicted octanol–water partition coefficient (Wildman–Crippen LogP) is 1.78. The van der Waals surface area contributed by atoms with E-state index in [1.807, 2.05) is 11.8 Å². The first kappa shape index (κ1) is 9.09. The molecular formula is C9H13NO2S. The molecule has 2 heterocycles. The zero-order valence-corrected chi connectivity index (χ0v) is 8.22. The molecule has 1 fully saturated rings. The highest BCUT2D eigenvalue weighted by Crippen LogP contribution is 2.33. The summed E-state index contributed by atoms with van der Waals surface area (Å²) in [5, 5.41) is 12.8. The summed E-state index contributed by atoms with van der Waals surface area (Å²) in [5.41, 5.74) is 0.858. The van der Waals surface area contributed by atoms with Crippen LogP contribution < -0.4 is 0 Å². The Balaban J connectivity index is 2.13. The van der Waals surface area contributed by atoms with Gasteiger partial charge in [-0.15, -0.1) is 0 Å². The second-order valence-electron chi connectivity index (χ2n) is 3.26. The van der Waals surface area contributed by atoms with Crippen LogP contribution in [0.4, 0.5) is 0 Å². The number of nitrogens with zero attached hydrogens (tertiary/aromatic N) is 1. The standard InChI is InChI=1S/C9H13NO2S/c11-6-8-5-10-12-9(8)7-1-3-13-4-2-7/h5,7,11H,1-4,6H2. The zero-order valence-electron chi connectivity index (χ0n) is 7.40. The first-order valence-corrected chi connectivity index (χ1v) is 5.69. The smallest absolute Gasteiger partial charge is 0.145 e. The lowest BCUT2D eigenvalue weighted by molar-refractivity contribution is 0.273. The average molecular weight is 199 g/mol. The van der Waals surface area contributed by atoms with Crippen LogP contribution in [0.15, 0.2) is 10.7 Å². The molecule has 1 aromatic rings. The van der Waals surface area contributed by atoms with E-state index in [1.165, 1.54) is 11.5 Å². The van der Waals surface area contributed by atoms with Gasteiger partial charge in [0.25, 0.3) is 0 Å². The van der Waals surface area contributed by atoms with Gasteiger partial charge in [-0.3, -0.25) is 0 Å². The van der Waals surface area contributed by atoms with Crippen molar-refractivity contribution in [2.24, 2.45) is 0 Å². The molecule has 0 aliphatic carbocycles. The average Bonchev–Trinajstić information content (AvgIpc) is 2.67. The van der Waals surface area contributed by atoms with Crippen LogP contribution in [0.5, 0.6) is 0 Å². The second kappa shape index (κ2) is 4.15. The Kier molecular flexibility index (Phi) is 2.90. The second-order valence-corrected chi connectivity index (χ2v) is 4.48. The maximum absolute atomic E-state index is 9.03. The van der Waals surface area contributed by atoms with Gasteiger partial charge in [-0.1, -0.05) is 5.16 Å². The highest BCUT2D eigenvalue weighted by molar-refractivity contribution is 7.99. The van der Waals surface area contributed by atoms with E-state index in [4.69, 9.17) is 9.63 Å². The van der Waals surface area contributed by atoms with Crippen LogP contribution in [0.25, 0.3) is 0 Å². The first-order valence-electron chi connectivity index (χ1n) is 4.54. The van der Waals surface area contributed by atoms with Crippen LogP contribution in [0.3, 0.4) is 0 Å². The Morgan fingerprint density at radius 1 is 1.54 bits per heavy atom. The molecule has 1 aromatic heterocycles. The molecule has 0 amide bonds. The molecule has 0 saturated carbocycles. The number of aromatic nitrogens is 1. The SMILES string of the molecule is OCc1cnoc1C1CCSCC1. The molecule has 0 atom stereocenters. The van der Waals surface area contributed by atoms with Crippen molar-refractivity contribution in [2.45, 2.75) is 25.4 Å². The molecule has 0 spiro atoms. The predicted molar refractivity (Wildman–Crippen MR) is 51.7 cm³/mol. The lowest BCUT2D eigenvalue weighted by Gasteiger charge is -2.19. The highest BCUT2D eigenvalue weighted by Gasteiger charge is 2.22. The quantitative estimate of drug-likeness (QED) is 0.788. The van der Waals surface area contributed by atoms with E-state index in [1.54, 1.807) is 6.20 Å². The molecule has 4 heteroatoms. The summed E-state index contributed by atoms with van der Waals surface area (Å²) in [6, 6.07) is 0. The van der Waals surface area contributed by atoms with Crippen molar-refractivity contribution in [3.05, 3.63) is 17.5 Å². The molecule has 13 heavy (non-hydrogen) atoms. The molecule has 0 aromatic carbocycles. The van der Waals surface area contributed by atoms with Crippen molar-refractivity contribution in [2.75, 3.05) is 11.5 Å². The highest BCUT2D eigenvalue weighted by atomic mass is 32.2. The molecule has 3 nitrogen and oxygen atoms in total. The molecule has 0 radical (unpaired) electrons. The van der Waals surface area contributed by atoms with Gasteiger partial charge < -0.3 is 9.63 Å². The number of hydrogen-bond donors (Lipinski definition) is 1. The molecule has 1 saturated heterocycles. The van der Waals surface area contributed by atoms with Crippen LogP contribution in [-0.2, 0) is 6.61 Å². The topological polar surface area (TPSA) is 46.3 Å². The van der Waals surface area contributed by atoms with Crippen LogP contribution in [-0.4, -0.2) is 21.8 Å².